The smallest absolute Gasteiger partial charge is 0.273 e. The van der Waals surface area contributed by atoms with Crippen LogP contribution >= 0.6 is 11.6 Å². The Hall–Kier alpha value is -2.60. The summed E-state index contributed by atoms with van der Waals surface area (Å²) in [7, 11) is 0. The van der Waals surface area contributed by atoms with Crippen LogP contribution < -0.4 is 4.90 Å². The van der Waals surface area contributed by atoms with Crippen LogP contribution in [0.25, 0.3) is 0 Å². The minimum atomic E-state index is -0.453. The number of anilines is 1. The predicted octanol–water partition coefficient (Wildman–Crippen LogP) is 3.83. The van der Waals surface area contributed by atoms with Crippen molar-refractivity contribution < 1.29 is 9.72 Å². The van der Waals surface area contributed by atoms with Crippen molar-refractivity contribution in [2.75, 3.05) is 31.1 Å². The Morgan fingerprint density at radius 3 is 2.42 bits per heavy atom. The molecule has 0 bridgehead atoms. The first-order valence-corrected chi connectivity index (χ1v) is 8.80. The number of aryl methyl sites for hydroxylation is 1. The van der Waals surface area contributed by atoms with Gasteiger partial charge in [-0.15, -0.1) is 0 Å². The summed E-state index contributed by atoms with van der Waals surface area (Å²) in [5, 5.41) is 11.8. The lowest BCUT2D eigenvalue weighted by Gasteiger charge is -2.36. The number of nitro benzene ring substituents is 1. The molecule has 3 rings (SSSR count). The van der Waals surface area contributed by atoms with Crippen molar-refractivity contribution in [2.24, 2.45) is 0 Å². The molecule has 0 atom stereocenters. The highest BCUT2D eigenvalue weighted by Gasteiger charge is 2.25. The first kappa shape index (κ1) is 18.2. The number of benzene rings is 2. The fraction of sp³-hybridized carbons (Fsp3) is 0.316. The summed E-state index contributed by atoms with van der Waals surface area (Å²) < 4.78 is 0. The number of rotatable bonds is 3. The fourth-order valence-corrected chi connectivity index (χ4v) is 3.34. The maximum Gasteiger partial charge on any atom is 0.273 e. The standard InChI is InChI=1S/C19H20ClN3O3/c1-13-6-7-15(12-17(13)20)21-8-10-22(11-9-21)19(24)16-4-3-5-18(14(16)2)23(25)26/h3-7,12H,8-11H2,1-2H3. The van der Waals surface area contributed by atoms with Gasteiger partial charge in [-0.25, -0.2) is 0 Å². The Morgan fingerprint density at radius 2 is 1.81 bits per heavy atom. The molecule has 1 aliphatic rings. The van der Waals surface area contributed by atoms with E-state index in [9.17, 15) is 14.9 Å². The molecule has 26 heavy (non-hydrogen) atoms. The third-order valence-corrected chi connectivity index (χ3v) is 5.23. The quantitative estimate of drug-likeness (QED) is 0.605. The molecular formula is C19H20ClN3O3. The number of carbonyl (C=O) groups is 1. The highest BCUT2D eigenvalue weighted by molar-refractivity contribution is 6.31. The normalized spacial score (nSPS) is 14.4. The molecule has 1 amide bonds. The number of carbonyl (C=O) groups excluding carboxylic acids is 1. The third kappa shape index (κ3) is 3.51. The van der Waals surface area contributed by atoms with E-state index < -0.39 is 4.92 Å². The van der Waals surface area contributed by atoms with E-state index in [0.717, 1.165) is 16.3 Å². The van der Waals surface area contributed by atoms with Crippen molar-refractivity contribution in [2.45, 2.75) is 13.8 Å². The number of hydrogen-bond acceptors (Lipinski definition) is 4. The van der Waals surface area contributed by atoms with E-state index in [1.807, 2.05) is 25.1 Å². The Morgan fingerprint density at radius 1 is 1.12 bits per heavy atom. The molecular weight excluding hydrogens is 354 g/mol. The Balaban J connectivity index is 1.72. The molecule has 0 spiro atoms. The van der Waals surface area contributed by atoms with Gasteiger partial charge >= 0.3 is 0 Å². The summed E-state index contributed by atoms with van der Waals surface area (Å²) in [5.41, 5.74) is 2.86. The van der Waals surface area contributed by atoms with Gasteiger partial charge in [0.05, 0.1) is 4.92 Å². The largest absolute Gasteiger partial charge is 0.368 e. The van der Waals surface area contributed by atoms with Gasteiger partial charge in [0.25, 0.3) is 11.6 Å². The van der Waals surface area contributed by atoms with Crippen LogP contribution in [-0.4, -0.2) is 41.9 Å². The summed E-state index contributed by atoms with van der Waals surface area (Å²) in [6, 6.07) is 10.6. The number of piperazine rings is 1. The summed E-state index contributed by atoms with van der Waals surface area (Å²) in [6.07, 6.45) is 0. The van der Waals surface area contributed by atoms with Crippen LogP contribution in [0, 0.1) is 24.0 Å². The number of amides is 1. The van der Waals surface area contributed by atoms with Crippen molar-refractivity contribution >= 4 is 28.9 Å². The van der Waals surface area contributed by atoms with Crippen molar-refractivity contribution in [1.82, 2.24) is 4.90 Å². The van der Waals surface area contributed by atoms with Crippen molar-refractivity contribution in [3.63, 3.8) is 0 Å². The highest BCUT2D eigenvalue weighted by Crippen LogP contribution is 2.26. The summed E-state index contributed by atoms with van der Waals surface area (Å²) >= 11 is 6.20. The van der Waals surface area contributed by atoms with Crippen LogP contribution in [0.3, 0.4) is 0 Å². The zero-order valence-corrected chi connectivity index (χ0v) is 15.5. The molecule has 7 heteroatoms. The SMILES string of the molecule is Cc1ccc(N2CCN(C(=O)c3cccc([N+](=O)[O-])c3C)CC2)cc1Cl. The van der Waals surface area contributed by atoms with E-state index in [1.165, 1.54) is 6.07 Å². The number of nitro groups is 1. The molecule has 136 valence electrons. The van der Waals surface area contributed by atoms with Crippen LogP contribution in [0.15, 0.2) is 36.4 Å². The number of halogens is 1. The van der Waals surface area contributed by atoms with Gasteiger partial charge in [-0.2, -0.15) is 0 Å². The van der Waals surface area contributed by atoms with Gasteiger partial charge in [0.15, 0.2) is 0 Å². The van der Waals surface area contributed by atoms with E-state index in [-0.39, 0.29) is 11.6 Å². The molecule has 0 aliphatic carbocycles. The molecule has 1 saturated heterocycles. The van der Waals surface area contributed by atoms with E-state index in [2.05, 4.69) is 4.90 Å². The topological polar surface area (TPSA) is 66.7 Å². The summed E-state index contributed by atoms with van der Waals surface area (Å²) in [6.45, 7) is 6.09. The molecule has 1 fully saturated rings. The lowest BCUT2D eigenvalue weighted by molar-refractivity contribution is -0.385. The Kier molecular flexibility index (Phi) is 5.13. The maximum absolute atomic E-state index is 12.8. The second kappa shape index (κ2) is 7.33. The van der Waals surface area contributed by atoms with Gasteiger partial charge in [-0.05, 0) is 37.6 Å². The maximum atomic E-state index is 12.8. The van der Waals surface area contributed by atoms with Gasteiger partial charge in [-0.3, -0.25) is 14.9 Å². The first-order chi connectivity index (χ1) is 12.4. The van der Waals surface area contributed by atoms with Gasteiger partial charge in [0.2, 0.25) is 0 Å². The number of nitrogens with zero attached hydrogens (tertiary/aromatic N) is 3. The Labute approximate surface area is 157 Å². The average Bonchev–Trinajstić information content (AvgIpc) is 2.63. The lowest BCUT2D eigenvalue weighted by Crippen LogP contribution is -2.49. The zero-order chi connectivity index (χ0) is 18.8. The van der Waals surface area contributed by atoms with Crippen LogP contribution in [0.2, 0.25) is 5.02 Å². The monoisotopic (exact) mass is 373 g/mol. The molecule has 6 nitrogen and oxygen atoms in total. The Bertz CT molecular complexity index is 861. The molecule has 0 radical (unpaired) electrons. The fourth-order valence-electron chi connectivity index (χ4n) is 3.17. The van der Waals surface area contributed by atoms with Gasteiger partial charge in [-0.1, -0.05) is 23.7 Å². The average molecular weight is 374 g/mol. The van der Waals surface area contributed by atoms with Crippen molar-refractivity contribution in [3.05, 3.63) is 68.2 Å². The van der Waals surface area contributed by atoms with Crippen molar-refractivity contribution in [3.8, 4) is 0 Å². The summed E-state index contributed by atoms with van der Waals surface area (Å²) in [4.78, 5) is 27.4. The van der Waals surface area contributed by atoms with Crippen LogP contribution in [-0.2, 0) is 0 Å². The second-order valence-corrected chi connectivity index (χ2v) is 6.83. The zero-order valence-electron chi connectivity index (χ0n) is 14.7. The predicted molar refractivity (Wildman–Crippen MR) is 102 cm³/mol. The lowest BCUT2D eigenvalue weighted by atomic mass is 10.1. The van der Waals surface area contributed by atoms with Crippen LogP contribution in [0.4, 0.5) is 11.4 Å². The molecule has 2 aromatic rings. The van der Waals surface area contributed by atoms with Gasteiger partial charge < -0.3 is 9.80 Å². The minimum Gasteiger partial charge on any atom is -0.368 e. The van der Waals surface area contributed by atoms with Crippen LogP contribution in [0.5, 0.6) is 0 Å². The van der Waals surface area contributed by atoms with E-state index in [0.29, 0.717) is 37.3 Å². The molecule has 0 unspecified atom stereocenters. The van der Waals surface area contributed by atoms with Gasteiger partial charge in [0.1, 0.15) is 0 Å². The minimum absolute atomic E-state index is 0.0243. The van der Waals surface area contributed by atoms with Crippen molar-refractivity contribution in [1.29, 1.82) is 0 Å². The third-order valence-electron chi connectivity index (χ3n) is 4.82. The molecule has 2 aromatic carbocycles. The van der Waals surface area contributed by atoms with Gasteiger partial charge in [0, 0.05) is 54.1 Å². The molecule has 0 N–H and O–H groups in total. The molecule has 1 aliphatic heterocycles. The molecule has 1 heterocycles. The second-order valence-electron chi connectivity index (χ2n) is 6.42. The molecule has 0 aromatic heterocycles. The number of hydrogen-bond donors (Lipinski definition) is 0. The summed E-state index contributed by atoms with van der Waals surface area (Å²) in [5.74, 6) is -0.159. The molecule has 0 saturated carbocycles. The van der Waals surface area contributed by atoms with Crippen LogP contribution in [0.1, 0.15) is 21.5 Å². The van der Waals surface area contributed by atoms with E-state index >= 15 is 0 Å². The van der Waals surface area contributed by atoms with E-state index in [1.54, 1.807) is 24.0 Å². The first-order valence-electron chi connectivity index (χ1n) is 8.43. The highest BCUT2D eigenvalue weighted by atomic mass is 35.5. The van der Waals surface area contributed by atoms with E-state index in [4.69, 9.17) is 11.6 Å².